The van der Waals surface area contributed by atoms with Crippen molar-refractivity contribution in [2.45, 2.75) is 59.1 Å². The summed E-state index contributed by atoms with van der Waals surface area (Å²) in [6.45, 7) is 8.78. The Labute approximate surface area is 176 Å². The smallest absolute Gasteiger partial charge is 0.410 e. The van der Waals surface area contributed by atoms with Gasteiger partial charge in [-0.2, -0.15) is 0 Å². The minimum atomic E-state index is -0.502. The highest BCUT2D eigenvalue weighted by Crippen LogP contribution is 2.33. The van der Waals surface area contributed by atoms with Crippen LogP contribution in [0.15, 0.2) is 22.7 Å². The van der Waals surface area contributed by atoms with Gasteiger partial charge in [-0.1, -0.05) is 28.9 Å². The molecule has 1 aliphatic rings. The average Bonchev–Trinajstić information content (AvgIpc) is 3.04. The summed E-state index contributed by atoms with van der Waals surface area (Å²) in [6.07, 6.45) is 10.5. The summed E-state index contributed by atoms with van der Waals surface area (Å²) in [5, 5.41) is 0. The molecule has 2 aromatic rings. The van der Waals surface area contributed by atoms with Crippen LogP contribution in [-0.4, -0.2) is 33.1 Å². The molecule has 1 N–H and O–H groups in total. The Morgan fingerprint density at radius 2 is 2.04 bits per heavy atom. The molecule has 3 rings (SSSR count). The van der Waals surface area contributed by atoms with E-state index in [1.165, 1.54) is 11.1 Å². The fourth-order valence-corrected chi connectivity index (χ4v) is 3.62. The van der Waals surface area contributed by atoms with Gasteiger partial charge in [0.2, 0.25) is 0 Å². The first-order valence-electron chi connectivity index (χ1n) is 9.44. The number of aromatic nitrogens is 2. The van der Waals surface area contributed by atoms with Gasteiger partial charge in [0.15, 0.2) is 0 Å². The molecule has 1 aliphatic carbocycles. The number of halogens is 1. The fourth-order valence-electron chi connectivity index (χ4n) is 3.21. The zero-order valence-corrected chi connectivity index (χ0v) is 18.6. The number of nitrogens with zero attached hydrogens (tertiary/aromatic N) is 2. The molecule has 150 valence electrons. The van der Waals surface area contributed by atoms with Gasteiger partial charge in [0.05, 0.1) is 12.2 Å². The van der Waals surface area contributed by atoms with E-state index in [1.54, 1.807) is 4.90 Å². The van der Waals surface area contributed by atoms with Crippen LogP contribution in [0, 0.1) is 12.8 Å². The van der Waals surface area contributed by atoms with Gasteiger partial charge in [-0.15, -0.1) is 12.8 Å². The summed E-state index contributed by atoms with van der Waals surface area (Å²) in [6, 6.07) is 6.32. The lowest BCUT2D eigenvalue weighted by molar-refractivity contribution is 0.0229. The van der Waals surface area contributed by atoms with E-state index in [4.69, 9.17) is 9.72 Å². The van der Waals surface area contributed by atoms with Crippen LogP contribution in [0.5, 0.6) is 0 Å². The van der Waals surface area contributed by atoms with Gasteiger partial charge in [-0.05, 0) is 57.7 Å². The van der Waals surface area contributed by atoms with Gasteiger partial charge in [-0.3, -0.25) is 0 Å². The number of H-pyrrole nitrogens is 1. The zero-order valence-electron chi connectivity index (χ0n) is 17.0. The van der Waals surface area contributed by atoms with E-state index in [-0.39, 0.29) is 6.09 Å². The van der Waals surface area contributed by atoms with E-state index in [0.717, 1.165) is 40.9 Å². The summed E-state index contributed by atoms with van der Waals surface area (Å²) in [5.74, 6) is 0.810. The molecule has 1 aromatic carbocycles. The van der Waals surface area contributed by atoms with Crippen molar-refractivity contribution in [2.24, 2.45) is 0 Å². The Morgan fingerprint density at radius 1 is 1.32 bits per heavy atom. The number of carbonyl (C=O) groups is 1. The van der Waals surface area contributed by atoms with Crippen molar-refractivity contribution in [3.8, 4) is 24.1 Å². The largest absolute Gasteiger partial charge is 0.444 e. The van der Waals surface area contributed by atoms with Gasteiger partial charge in [-0.25, -0.2) is 9.78 Å². The van der Waals surface area contributed by atoms with E-state index < -0.39 is 5.60 Å². The number of amides is 1. The molecule has 0 unspecified atom stereocenters. The maximum Gasteiger partial charge on any atom is 0.410 e. The summed E-state index contributed by atoms with van der Waals surface area (Å²) >= 11 is 3.54. The first-order chi connectivity index (χ1) is 13.3. The second kappa shape index (κ2) is 9.29. The van der Waals surface area contributed by atoms with Gasteiger partial charge in [0.25, 0.3) is 0 Å². The highest BCUT2D eigenvalue weighted by Gasteiger charge is 2.25. The molecule has 1 aromatic heterocycles. The van der Waals surface area contributed by atoms with Crippen LogP contribution in [0.3, 0.4) is 0 Å². The first kappa shape index (κ1) is 22.0. The minimum Gasteiger partial charge on any atom is -0.444 e. The molecule has 0 saturated heterocycles. The van der Waals surface area contributed by atoms with Crippen LogP contribution in [0.2, 0.25) is 0 Å². The number of hydrogen-bond donors (Lipinski definition) is 1. The number of rotatable bonds is 4. The number of aromatic amines is 1. The lowest BCUT2D eigenvalue weighted by Crippen LogP contribution is -2.37. The quantitative estimate of drug-likeness (QED) is 0.646. The number of hydrogen-bond acceptors (Lipinski definition) is 3. The number of carbonyl (C=O) groups excluding carboxylic acids is 1. The number of ether oxygens (including phenoxy) is 1. The molecular weight excluding hydrogens is 418 g/mol. The molecule has 0 aliphatic heterocycles. The zero-order chi connectivity index (χ0) is 20.9. The number of terminal acetylenes is 1. The lowest BCUT2D eigenvalue weighted by Gasteiger charge is -2.26. The van der Waals surface area contributed by atoms with E-state index in [0.29, 0.717) is 13.1 Å². The van der Waals surface area contributed by atoms with Crippen LogP contribution >= 0.6 is 15.9 Å². The third kappa shape index (κ3) is 5.39. The normalized spacial score (nSPS) is 12.2. The molecule has 5 nitrogen and oxygen atoms in total. The van der Waals surface area contributed by atoms with E-state index in [2.05, 4.69) is 52.8 Å². The van der Waals surface area contributed by atoms with Gasteiger partial charge < -0.3 is 14.6 Å². The molecular formula is C22H28BrN3O2. The molecule has 1 amide bonds. The molecule has 0 fully saturated rings. The Bertz CT molecular complexity index is 849. The predicted molar refractivity (Wildman–Crippen MR) is 116 cm³/mol. The van der Waals surface area contributed by atoms with Crippen molar-refractivity contribution in [1.82, 2.24) is 14.9 Å². The molecule has 0 saturated carbocycles. The number of aryl methyl sites for hydroxylation is 2. The van der Waals surface area contributed by atoms with Gasteiger partial charge >= 0.3 is 6.09 Å². The molecule has 28 heavy (non-hydrogen) atoms. The standard InChI is InChI=1S/C20H26BrN3O2.C2H2/c1-5-10-24(19(25)26-20(2,3)4)12-17-22-16-9-6-13-11-14(21)7-8-15(13)18(16)23-17;1-2/h7-8,11H,5-6,9-10,12H2,1-4H3,(H,22,23);1-2H. The van der Waals surface area contributed by atoms with Crippen molar-refractivity contribution in [1.29, 1.82) is 0 Å². The Balaban J connectivity index is 0.00000136. The molecule has 1 heterocycles. The number of benzene rings is 1. The monoisotopic (exact) mass is 445 g/mol. The van der Waals surface area contributed by atoms with Crippen molar-refractivity contribution in [3.63, 3.8) is 0 Å². The summed E-state index contributed by atoms with van der Waals surface area (Å²) in [7, 11) is 0. The van der Waals surface area contributed by atoms with Crippen molar-refractivity contribution in [2.75, 3.05) is 6.54 Å². The second-order valence-electron chi connectivity index (χ2n) is 7.71. The summed E-state index contributed by atoms with van der Waals surface area (Å²) < 4.78 is 6.63. The number of imidazole rings is 1. The minimum absolute atomic E-state index is 0.293. The lowest BCUT2D eigenvalue weighted by atomic mass is 9.92. The maximum atomic E-state index is 12.5. The summed E-state index contributed by atoms with van der Waals surface area (Å²) in [4.78, 5) is 22.4. The molecule has 0 bridgehead atoms. The second-order valence-corrected chi connectivity index (χ2v) is 8.63. The first-order valence-corrected chi connectivity index (χ1v) is 10.2. The van der Waals surface area contributed by atoms with Crippen molar-refractivity contribution < 1.29 is 9.53 Å². The van der Waals surface area contributed by atoms with E-state index in [9.17, 15) is 4.79 Å². The topological polar surface area (TPSA) is 58.2 Å². The number of nitrogens with one attached hydrogen (secondary N) is 1. The van der Waals surface area contributed by atoms with Crippen molar-refractivity contribution in [3.05, 3.63) is 39.8 Å². The Kier molecular flexibility index (Phi) is 7.31. The third-order valence-electron chi connectivity index (χ3n) is 4.28. The summed E-state index contributed by atoms with van der Waals surface area (Å²) in [5.41, 5.74) is 4.14. The Hall–Kier alpha value is -2.26. The molecule has 6 heteroatoms. The maximum absolute atomic E-state index is 12.5. The van der Waals surface area contributed by atoms with Crippen LogP contribution in [0.1, 0.15) is 51.2 Å². The molecule has 0 atom stereocenters. The average molecular weight is 446 g/mol. The van der Waals surface area contributed by atoms with Gasteiger partial charge in [0.1, 0.15) is 11.4 Å². The van der Waals surface area contributed by atoms with Crippen LogP contribution in [-0.2, 0) is 24.1 Å². The fraction of sp³-hybridized carbons (Fsp3) is 0.455. The molecule has 0 spiro atoms. The van der Waals surface area contributed by atoms with Crippen LogP contribution in [0.4, 0.5) is 4.79 Å². The highest BCUT2D eigenvalue weighted by molar-refractivity contribution is 9.10. The Morgan fingerprint density at radius 3 is 2.68 bits per heavy atom. The number of fused-ring (bicyclic) bond motifs is 3. The third-order valence-corrected chi connectivity index (χ3v) is 4.77. The van der Waals surface area contributed by atoms with Crippen LogP contribution in [0.25, 0.3) is 11.3 Å². The highest BCUT2D eigenvalue weighted by atomic mass is 79.9. The predicted octanol–water partition coefficient (Wildman–Crippen LogP) is 5.33. The van der Waals surface area contributed by atoms with Gasteiger partial charge in [0, 0.05) is 22.3 Å². The van der Waals surface area contributed by atoms with E-state index in [1.807, 2.05) is 26.8 Å². The van der Waals surface area contributed by atoms with Crippen LogP contribution < -0.4 is 0 Å². The van der Waals surface area contributed by atoms with Crippen molar-refractivity contribution >= 4 is 22.0 Å². The SMILES string of the molecule is C#C.CCCN(Cc1nc2c([nH]1)CCc1cc(Br)ccc1-2)C(=O)OC(C)(C)C. The molecule has 0 radical (unpaired) electrons. The van der Waals surface area contributed by atoms with E-state index >= 15 is 0 Å².